The van der Waals surface area contributed by atoms with Crippen molar-refractivity contribution in [1.82, 2.24) is 4.98 Å². The van der Waals surface area contributed by atoms with Gasteiger partial charge >= 0.3 is 12.1 Å². The number of aromatic nitrogens is 1. The summed E-state index contributed by atoms with van der Waals surface area (Å²) < 4.78 is 10.1. The van der Waals surface area contributed by atoms with Crippen molar-refractivity contribution in [3.63, 3.8) is 0 Å². The molecule has 100 valence electrons. The molecule has 1 N–H and O–H groups in total. The van der Waals surface area contributed by atoms with Gasteiger partial charge in [-0.3, -0.25) is 0 Å². The second-order valence-corrected chi connectivity index (χ2v) is 4.19. The Balaban J connectivity index is 2.42. The molecule has 0 unspecified atom stereocenters. The summed E-state index contributed by atoms with van der Waals surface area (Å²) in [4.78, 5) is 15.0. The molecule has 0 radical (unpaired) electrons. The second-order valence-electron chi connectivity index (χ2n) is 4.19. The molecule has 0 aliphatic carbocycles. The molecule has 0 spiro atoms. The summed E-state index contributed by atoms with van der Waals surface area (Å²) in [6, 6.07) is 7.62. The van der Waals surface area contributed by atoms with Crippen LogP contribution in [0, 0.1) is 6.92 Å². The van der Waals surface area contributed by atoms with Crippen molar-refractivity contribution < 1.29 is 19.1 Å². The van der Waals surface area contributed by atoms with Crippen LogP contribution in [-0.2, 0) is 6.42 Å². The van der Waals surface area contributed by atoms with Gasteiger partial charge in [0.15, 0.2) is 0 Å². The van der Waals surface area contributed by atoms with Crippen molar-refractivity contribution in [3.8, 4) is 17.4 Å². The van der Waals surface area contributed by atoms with Crippen LogP contribution in [0.15, 0.2) is 28.7 Å². The maximum Gasteiger partial charge on any atom is 0.513 e. The second kappa shape index (κ2) is 5.56. The van der Waals surface area contributed by atoms with E-state index in [0.29, 0.717) is 18.0 Å². The van der Waals surface area contributed by atoms with E-state index in [2.05, 4.69) is 9.72 Å². The van der Waals surface area contributed by atoms with Gasteiger partial charge in [0, 0.05) is 5.56 Å². The monoisotopic (exact) mass is 261 g/mol. The Morgan fingerprint density at radius 2 is 2.16 bits per heavy atom. The Labute approximate surface area is 110 Å². The van der Waals surface area contributed by atoms with Crippen LogP contribution in [0.1, 0.15) is 24.6 Å². The highest BCUT2D eigenvalue weighted by atomic mass is 16.7. The zero-order valence-electron chi connectivity index (χ0n) is 10.8. The Hall–Kier alpha value is -2.30. The highest BCUT2D eigenvalue weighted by Gasteiger charge is 2.18. The fraction of sp³-hybridized carbons (Fsp3) is 0.286. The van der Waals surface area contributed by atoms with E-state index < -0.39 is 6.16 Å². The molecular formula is C14H15NO4. The smallest absolute Gasteiger partial charge is 0.449 e. The number of hydrogen-bond donors (Lipinski definition) is 1. The van der Waals surface area contributed by atoms with E-state index in [-0.39, 0.29) is 5.95 Å². The van der Waals surface area contributed by atoms with Gasteiger partial charge in [-0.25, -0.2) is 9.78 Å². The van der Waals surface area contributed by atoms with Crippen LogP contribution in [0.25, 0.3) is 11.5 Å². The van der Waals surface area contributed by atoms with E-state index in [1.54, 1.807) is 0 Å². The number of benzene rings is 1. The first kappa shape index (κ1) is 13.1. The Morgan fingerprint density at radius 1 is 1.42 bits per heavy atom. The molecule has 0 aliphatic rings. The molecule has 1 heterocycles. The van der Waals surface area contributed by atoms with Gasteiger partial charge in [-0.15, -0.1) is 0 Å². The summed E-state index contributed by atoms with van der Waals surface area (Å²) in [6.07, 6.45) is 0.0399. The normalized spacial score (nSPS) is 10.4. The number of ether oxygens (including phenoxy) is 1. The number of hydrogen-bond acceptors (Lipinski definition) is 4. The Kier molecular flexibility index (Phi) is 3.85. The van der Waals surface area contributed by atoms with Crippen LogP contribution < -0.4 is 4.74 Å². The molecule has 5 nitrogen and oxygen atoms in total. The average Bonchev–Trinajstić information content (AvgIpc) is 2.72. The van der Waals surface area contributed by atoms with Gasteiger partial charge in [0.2, 0.25) is 5.89 Å². The van der Waals surface area contributed by atoms with Crippen molar-refractivity contribution in [1.29, 1.82) is 0 Å². The molecule has 2 rings (SSSR count). The fourth-order valence-corrected chi connectivity index (χ4v) is 1.82. The van der Waals surface area contributed by atoms with Crippen LogP contribution in [0.2, 0.25) is 0 Å². The quantitative estimate of drug-likeness (QED) is 0.850. The standard InChI is InChI=1S/C14H15NO4/c1-3-6-11-13(19-14(16)17)18-12(15-11)10-8-5-4-7-9(10)2/h4-5,7-8H,3,6H2,1-2H3,(H,16,17). The molecule has 0 atom stereocenters. The molecule has 0 fully saturated rings. The molecule has 2 aromatic rings. The van der Waals surface area contributed by atoms with Crippen molar-refractivity contribution in [2.75, 3.05) is 0 Å². The van der Waals surface area contributed by atoms with Crippen LogP contribution >= 0.6 is 0 Å². The van der Waals surface area contributed by atoms with Gasteiger partial charge < -0.3 is 14.3 Å². The molecule has 1 aromatic heterocycles. The largest absolute Gasteiger partial charge is 0.513 e. The third kappa shape index (κ3) is 2.93. The van der Waals surface area contributed by atoms with Gasteiger partial charge in [-0.2, -0.15) is 0 Å². The topological polar surface area (TPSA) is 72.6 Å². The average molecular weight is 261 g/mol. The fourth-order valence-electron chi connectivity index (χ4n) is 1.82. The van der Waals surface area contributed by atoms with Crippen LogP contribution in [0.4, 0.5) is 4.79 Å². The van der Waals surface area contributed by atoms with E-state index in [0.717, 1.165) is 17.5 Å². The summed E-state index contributed by atoms with van der Waals surface area (Å²) in [5.74, 6) is 0.352. The number of rotatable bonds is 4. The number of carbonyl (C=O) groups is 1. The lowest BCUT2D eigenvalue weighted by Gasteiger charge is -1.99. The summed E-state index contributed by atoms with van der Waals surface area (Å²) in [5, 5.41) is 8.68. The highest BCUT2D eigenvalue weighted by Crippen LogP contribution is 2.30. The van der Waals surface area contributed by atoms with Gasteiger partial charge in [-0.05, 0) is 25.0 Å². The predicted octanol–water partition coefficient (Wildman–Crippen LogP) is 3.66. The van der Waals surface area contributed by atoms with Gasteiger partial charge in [0.05, 0.1) is 0 Å². The van der Waals surface area contributed by atoms with Gasteiger partial charge in [0.1, 0.15) is 5.69 Å². The van der Waals surface area contributed by atoms with Crippen molar-refractivity contribution in [2.24, 2.45) is 0 Å². The third-order valence-electron chi connectivity index (χ3n) is 2.70. The van der Waals surface area contributed by atoms with Crippen LogP contribution in [0.5, 0.6) is 5.95 Å². The lowest BCUT2D eigenvalue weighted by molar-refractivity contribution is 0.132. The van der Waals surface area contributed by atoms with E-state index in [1.807, 2.05) is 38.1 Å². The van der Waals surface area contributed by atoms with E-state index in [9.17, 15) is 4.79 Å². The van der Waals surface area contributed by atoms with E-state index in [4.69, 9.17) is 9.52 Å². The number of nitrogens with zero attached hydrogens (tertiary/aromatic N) is 1. The SMILES string of the molecule is CCCc1nc(-c2ccccc2C)oc1OC(=O)O. The van der Waals surface area contributed by atoms with Gasteiger partial charge in [0.25, 0.3) is 0 Å². The first-order valence-electron chi connectivity index (χ1n) is 6.08. The summed E-state index contributed by atoms with van der Waals surface area (Å²) in [7, 11) is 0. The first-order chi connectivity index (χ1) is 9.11. The molecule has 19 heavy (non-hydrogen) atoms. The predicted molar refractivity (Wildman–Crippen MR) is 69.3 cm³/mol. The van der Waals surface area contributed by atoms with Crippen molar-refractivity contribution in [3.05, 3.63) is 35.5 Å². The third-order valence-corrected chi connectivity index (χ3v) is 2.70. The Morgan fingerprint density at radius 3 is 2.79 bits per heavy atom. The highest BCUT2D eigenvalue weighted by molar-refractivity contribution is 5.62. The van der Waals surface area contributed by atoms with Crippen LogP contribution in [-0.4, -0.2) is 16.2 Å². The van der Waals surface area contributed by atoms with E-state index in [1.165, 1.54) is 0 Å². The lowest BCUT2D eigenvalue weighted by atomic mass is 10.1. The molecule has 1 aromatic carbocycles. The number of carboxylic acid groups (broad SMARTS) is 1. The maximum atomic E-state index is 10.6. The summed E-state index contributed by atoms with van der Waals surface area (Å²) in [6.45, 7) is 3.92. The minimum Gasteiger partial charge on any atom is -0.449 e. The molecular weight excluding hydrogens is 246 g/mol. The van der Waals surface area contributed by atoms with Crippen LogP contribution in [0.3, 0.4) is 0 Å². The van der Waals surface area contributed by atoms with E-state index >= 15 is 0 Å². The molecule has 0 bridgehead atoms. The molecule has 0 aliphatic heterocycles. The number of aryl methyl sites for hydroxylation is 2. The van der Waals surface area contributed by atoms with Crippen molar-refractivity contribution in [2.45, 2.75) is 26.7 Å². The number of oxazole rings is 1. The molecule has 0 saturated carbocycles. The van der Waals surface area contributed by atoms with Gasteiger partial charge in [-0.1, -0.05) is 31.5 Å². The summed E-state index contributed by atoms with van der Waals surface area (Å²) in [5.41, 5.74) is 2.37. The molecule has 0 saturated heterocycles. The maximum absolute atomic E-state index is 10.6. The zero-order valence-corrected chi connectivity index (χ0v) is 10.8. The molecule has 0 amide bonds. The first-order valence-corrected chi connectivity index (χ1v) is 6.08. The molecule has 5 heteroatoms. The lowest BCUT2D eigenvalue weighted by Crippen LogP contribution is -2.04. The minimum atomic E-state index is -1.40. The summed E-state index contributed by atoms with van der Waals surface area (Å²) >= 11 is 0. The minimum absolute atomic E-state index is 0.0346. The van der Waals surface area contributed by atoms with Crippen molar-refractivity contribution >= 4 is 6.16 Å². The zero-order chi connectivity index (χ0) is 13.8. The Bertz CT molecular complexity index is 589.